The van der Waals surface area contributed by atoms with Gasteiger partial charge in [0.25, 0.3) is 0 Å². The third-order valence-corrected chi connectivity index (χ3v) is 4.51. The van der Waals surface area contributed by atoms with E-state index in [1.807, 2.05) is 0 Å². The van der Waals surface area contributed by atoms with E-state index in [4.69, 9.17) is 0 Å². The maximum Gasteiger partial charge on any atom is 0.160 e. The average Bonchev–Trinajstić information content (AvgIpc) is 2.38. The quantitative estimate of drug-likeness (QED) is 0.556. The summed E-state index contributed by atoms with van der Waals surface area (Å²) in [6.45, 7) is 0. The van der Waals surface area contributed by atoms with Gasteiger partial charge in [0.05, 0.1) is 8.66 Å². The van der Waals surface area contributed by atoms with Gasteiger partial charge in [0.2, 0.25) is 0 Å². The molecule has 0 atom stereocenters. The molecular formula is C10H11BrOS. The van der Waals surface area contributed by atoms with E-state index in [1.165, 1.54) is 34.2 Å². The van der Waals surface area contributed by atoms with E-state index in [-0.39, 0.29) is 0 Å². The van der Waals surface area contributed by atoms with Crippen LogP contribution in [0.2, 0.25) is 0 Å². The molecule has 0 fully saturated rings. The van der Waals surface area contributed by atoms with Crippen LogP contribution in [0.3, 0.4) is 0 Å². The van der Waals surface area contributed by atoms with E-state index >= 15 is 0 Å². The first-order chi connectivity index (χ1) is 6.33. The van der Waals surface area contributed by atoms with Gasteiger partial charge in [-0.2, -0.15) is 0 Å². The third-order valence-electron chi connectivity index (χ3n) is 2.56. The van der Waals surface area contributed by atoms with Gasteiger partial charge >= 0.3 is 0 Å². The molecule has 0 spiro atoms. The van der Waals surface area contributed by atoms with Crippen LogP contribution in [-0.4, -0.2) is 6.29 Å². The molecule has 2 rings (SSSR count). The Kier molecular flexibility index (Phi) is 2.84. The summed E-state index contributed by atoms with van der Waals surface area (Å²) in [4.78, 5) is 11.7. The first-order valence-electron chi connectivity index (χ1n) is 4.58. The van der Waals surface area contributed by atoms with Crippen molar-refractivity contribution in [2.24, 2.45) is 0 Å². The molecule has 70 valence electrons. The zero-order valence-corrected chi connectivity index (χ0v) is 9.71. The molecular weight excluding hydrogens is 248 g/mol. The molecule has 0 bridgehead atoms. The molecule has 0 aromatic carbocycles. The summed E-state index contributed by atoms with van der Waals surface area (Å²) in [6, 6.07) is 0. The minimum Gasteiger partial charge on any atom is -0.297 e. The lowest BCUT2D eigenvalue weighted by Gasteiger charge is -1.97. The second-order valence-electron chi connectivity index (χ2n) is 3.38. The zero-order valence-electron chi connectivity index (χ0n) is 7.31. The predicted molar refractivity (Wildman–Crippen MR) is 58.7 cm³/mol. The van der Waals surface area contributed by atoms with E-state index in [0.29, 0.717) is 0 Å². The van der Waals surface area contributed by atoms with Crippen molar-refractivity contribution >= 4 is 33.6 Å². The second-order valence-corrected chi connectivity index (χ2v) is 5.75. The van der Waals surface area contributed by atoms with Crippen molar-refractivity contribution in [1.29, 1.82) is 0 Å². The molecule has 1 aromatic rings. The van der Waals surface area contributed by atoms with Gasteiger partial charge in [-0.15, -0.1) is 11.3 Å². The summed E-state index contributed by atoms with van der Waals surface area (Å²) in [5.74, 6) is 0. The molecule has 1 heterocycles. The lowest BCUT2D eigenvalue weighted by atomic mass is 10.1. The number of hydrogen-bond donors (Lipinski definition) is 0. The fourth-order valence-electron chi connectivity index (χ4n) is 1.89. The van der Waals surface area contributed by atoms with Crippen molar-refractivity contribution in [3.8, 4) is 0 Å². The van der Waals surface area contributed by atoms with Crippen LogP contribution in [0.1, 0.15) is 40.1 Å². The number of aldehydes is 1. The number of fused-ring (bicyclic) bond motifs is 1. The highest BCUT2D eigenvalue weighted by molar-refractivity contribution is 9.11. The Bertz CT molecular complexity index is 330. The largest absolute Gasteiger partial charge is 0.297 e. The summed E-state index contributed by atoms with van der Waals surface area (Å²) >= 11 is 5.13. The van der Waals surface area contributed by atoms with Crippen LogP contribution in [0, 0.1) is 0 Å². The number of halogens is 1. The Morgan fingerprint density at radius 3 is 2.54 bits per heavy atom. The van der Waals surface area contributed by atoms with Crippen LogP contribution in [-0.2, 0) is 12.8 Å². The molecule has 1 nitrogen and oxygen atoms in total. The molecule has 0 amide bonds. The maximum atomic E-state index is 10.8. The standard InChI is InChI=1S/C10H11BrOS/c11-10-8-5-3-1-2-4-7(8)9(6-12)13-10/h6H,1-5H2. The van der Waals surface area contributed by atoms with Crippen molar-refractivity contribution in [3.63, 3.8) is 0 Å². The number of hydrogen-bond acceptors (Lipinski definition) is 2. The van der Waals surface area contributed by atoms with Crippen molar-refractivity contribution < 1.29 is 4.79 Å². The van der Waals surface area contributed by atoms with E-state index in [9.17, 15) is 4.79 Å². The summed E-state index contributed by atoms with van der Waals surface area (Å²) in [5.41, 5.74) is 2.70. The molecule has 3 heteroatoms. The number of carbonyl (C=O) groups excluding carboxylic acids is 1. The minimum absolute atomic E-state index is 0.934. The highest BCUT2D eigenvalue weighted by atomic mass is 79.9. The molecule has 13 heavy (non-hydrogen) atoms. The van der Waals surface area contributed by atoms with Crippen LogP contribution in [0.5, 0.6) is 0 Å². The van der Waals surface area contributed by atoms with Crippen molar-refractivity contribution in [2.75, 3.05) is 0 Å². The molecule has 1 aliphatic rings. The zero-order chi connectivity index (χ0) is 9.26. The SMILES string of the molecule is O=Cc1sc(Br)c2c1CCCCC2. The van der Waals surface area contributed by atoms with Crippen LogP contribution in [0.15, 0.2) is 3.79 Å². The van der Waals surface area contributed by atoms with Gasteiger partial charge in [-0.05, 0) is 52.7 Å². The first-order valence-corrected chi connectivity index (χ1v) is 6.19. The van der Waals surface area contributed by atoms with Crippen molar-refractivity contribution in [2.45, 2.75) is 32.1 Å². The molecule has 0 saturated carbocycles. The van der Waals surface area contributed by atoms with Crippen LogP contribution in [0.4, 0.5) is 0 Å². The molecule has 0 N–H and O–H groups in total. The fourth-order valence-corrected chi connectivity index (χ4v) is 3.78. The second kappa shape index (κ2) is 3.93. The highest BCUT2D eigenvalue weighted by Gasteiger charge is 2.17. The van der Waals surface area contributed by atoms with E-state index in [1.54, 1.807) is 11.3 Å². The molecule has 1 aromatic heterocycles. The van der Waals surface area contributed by atoms with E-state index in [0.717, 1.165) is 24.0 Å². The Morgan fingerprint density at radius 2 is 1.85 bits per heavy atom. The van der Waals surface area contributed by atoms with Crippen molar-refractivity contribution in [3.05, 3.63) is 19.8 Å². The predicted octanol–water partition coefficient (Wildman–Crippen LogP) is 3.59. The molecule has 0 unspecified atom stereocenters. The van der Waals surface area contributed by atoms with Crippen LogP contribution >= 0.6 is 27.3 Å². The van der Waals surface area contributed by atoms with Crippen LogP contribution < -0.4 is 0 Å². The van der Waals surface area contributed by atoms with Gasteiger partial charge in [-0.25, -0.2) is 0 Å². The van der Waals surface area contributed by atoms with Crippen molar-refractivity contribution in [1.82, 2.24) is 0 Å². The Labute approximate surface area is 90.3 Å². The smallest absolute Gasteiger partial charge is 0.160 e. The Balaban J connectivity index is 2.47. The van der Waals surface area contributed by atoms with Gasteiger partial charge in [-0.3, -0.25) is 4.79 Å². The number of thiophene rings is 1. The van der Waals surface area contributed by atoms with Gasteiger partial charge in [0.1, 0.15) is 0 Å². The highest BCUT2D eigenvalue weighted by Crippen LogP contribution is 2.36. The Hall–Kier alpha value is -0.150. The third kappa shape index (κ3) is 1.72. The lowest BCUT2D eigenvalue weighted by Crippen LogP contribution is -1.89. The summed E-state index contributed by atoms with van der Waals surface area (Å²) < 4.78 is 1.17. The summed E-state index contributed by atoms with van der Waals surface area (Å²) in [6.07, 6.45) is 7.02. The monoisotopic (exact) mass is 258 g/mol. The molecule has 1 aliphatic carbocycles. The number of rotatable bonds is 1. The normalized spacial score (nSPS) is 16.4. The first kappa shape index (κ1) is 9.41. The van der Waals surface area contributed by atoms with Gasteiger partial charge in [0, 0.05) is 0 Å². The van der Waals surface area contributed by atoms with E-state index < -0.39 is 0 Å². The van der Waals surface area contributed by atoms with Gasteiger partial charge in [-0.1, -0.05) is 6.42 Å². The van der Waals surface area contributed by atoms with Gasteiger partial charge < -0.3 is 0 Å². The summed E-state index contributed by atoms with van der Waals surface area (Å²) in [5, 5.41) is 0. The minimum atomic E-state index is 0.934. The lowest BCUT2D eigenvalue weighted by molar-refractivity contribution is 0.112. The molecule has 0 aliphatic heterocycles. The number of carbonyl (C=O) groups is 1. The average molecular weight is 259 g/mol. The Morgan fingerprint density at radius 1 is 1.15 bits per heavy atom. The van der Waals surface area contributed by atoms with Gasteiger partial charge in [0.15, 0.2) is 6.29 Å². The van der Waals surface area contributed by atoms with E-state index in [2.05, 4.69) is 15.9 Å². The molecule has 0 radical (unpaired) electrons. The molecule has 0 saturated heterocycles. The maximum absolute atomic E-state index is 10.8. The van der Waals surface area contributed by atoms with Crippen LogP contribution in [0.25, 0.3) is 0 Å². The topological polar surface area (TPSA) is 17.1 Å². The fraction of sp³-hybridized carbons (Fsp3) is 0.500. The summed E-state index contributed by atoms with van der Waals surface area (Å²) in [7, 11) is 0.